The molecule has 0 amide bonds. The zero-order chi connectivity index (χ0) is 9.97. The van der Waals surface area contributed by atoms with Gasteiger partial charge in [-0.05, 0) is 12.1 Å². The molecule has 0 bridgehead atoms. The molecule has 1 unspecified atom stereocenters. The van der Waals surface area contributed by atoms with E-state index in [1.54, 1.807) is 12.1 Å². The average Bonchev–Trinajstić information content (AvgIpc) is 2.21. The van der Waals surface area contributed by atoms with Crippen molar-refractivity contribution < 1.29 is 9.94 Å². The summed E-state index contributed by atoms with van der Waals surface area (Å²) in [5, 5.41) is 14.3. The number of benzene rings is 1. The van der Waals surface area contributed by atoms with Gasteiger partial charge in [0.05, 0.1) is 5.75 Å². The molecule has 1 atom stereocenters. The van der Waals surface area contributed by atoms with Crippen LogP contribution in [0.15, 0.2) is 29.4 Å². The summed E-state index contributed by atoms with van der Waals surface area (Å²) in [6.45, 7) is 0. The van der Waals surface area contributed by atoms with Gasteiger partial charge >= 0.3 is 0 Å². The van der Waals surface area contributed by atoms with E-state index in [9.17, 15) is 0 Å². The number of hydrogen-bond donors (Lipinski definition) is 1. The van der Waals surface area contributed by atoms with E-state index in [0.29, 0.717) is 10.8 Å². The molecule has 5 heteroatoms. The van der Waals surface area contributed by atoms with E-state index in [1.807, 2.05) is 12.1 Å². The van der Waals surface area contributed by atoms with E-state index in [0.717, 1.165) is 10.6 Å². The highest BCUT2D eigenvalue weighted by Gasteiger charge is 2.16. The van der Waals surface area contributed by atoms with Gasteiger partial charge in [0.25, 0.3) is 0 Å². The topological polar surface area (TPSA) is 41.8 Å². The molecule has 74 valence electrons. The van der Waals surface area contributed by atoms with Crippen molar-refractivity contribution in [3.63, 3.8) is 0 Å². The zero-order valence-corrected chi connectivity index (χ0v) is 8.76. The fourth-order valence-electron chi connectivity index (χ4n) is 1.04. The van der Waals surface area contributed by atoms with Gasteiger partial charge in [0, 0.05) is 10.6 Å². The minimum absolute atomic E-state index is 0.501. The van der Waals surface area contributed by atoms with Gasteiger partial charge in [0.2, 0.25) is 6.29 Å². The SMILES string of the molecule is OC1CSC(c2ccc(Cl)cc2)=NO1. The largest absolute Gasteiger partial charge is 0.362 e. The second kappa shape index (κ2) is 4.21. The van der Waals surface area contributed by atoms with Crippen molar-refractivity contribution in [1.29, 1.82) is 0 Å². The third-order valence-electron chi connectivity index (χ3n) is 1.71. The van der Waals surface area contributed by atoms with Crippen molar-refractivity contribution in [2.24, 2.45) is 5.16 Å². The third-order valence-corrected chi connectivity index (χ3v) is 3.00. The van der Waals surface area contributed by atoms with Crippen LogP contribution in [0.3, 0.4) is 0 Å². The smallest absolute Gasteiger partial charge is 0.233 e. The minimum Gasteiger partial charge on any atom is -0.362 e. The van der Waals surface area contributed by atoms with Crippen LogP contribution in [0.25, 0.3) is 0 Å². The van der Waals surface area contributed by atoms with Crippen molar-refractivity contribution >= 4 is 28.4 Å². The Labute approximate surface area is 90.7 Å². The van der Waals surface area contributed by atoms with Gasteiger partial charge in [-0.2, -0.15) is 0 Å². The molecule has 0 radical (unpaired) electrons. The average molecular weight is 230 g/mol. The first-order valence-corrected chi connectivity index (χ1v) is 5.43. The van der Waals surface area contributed by atoms with E-state index in [-0.39, 0.29) is 0 Å². The Kier molecular flexibility index (Phi) is 2.96. The monoisotopic (exact) mass is 229 g/mol. The summed E-state index contributed by atoms with van der Waals surface area (Å²) < 4.78 is 0. The molecule has 1 heterocycles. The van der Waals surface area contributed by atoms with Crippen molar-refractivity contribution in [2.75, 3.05) is 5.75 Å². The molecule has 2 rings (SSSR count). The highest BCUT2D eigenvalue weighted by molar-refractivity contribution is 8.14. The Morgan fingerprint density at radius 2 is 2.14 bits per heavy atom. The van der Waals surface area contributed by atoms with E-state index in [2.05, 4.69) is 5.16 Å². The van der Waals surface area contributed by atoms with E-state index in [4.69, 9.17) is 21.5 Å². The summed E-state index contributed by atoms with van der Waals surface area (Å²) in [6, 6.07) is 7.33. The summed E-state index contributed by atoms with van der Waals surface area (Å²) in [7, 11) is 0. The van der Waals surface area contributed by atoms with E-state index in [1.165, 1.54) is 11.8 Å². The molecular formula is C9H8ClNO2S. The second-order valence-electron chi connectivity index (χ2n) is 2.77. The number of hydrogen-bond acceptors (Lipinski definition) is 4. The molecule has 1 aliphatic rings. The molecule has 14 heavy (non-hydrogen) atoms. The lowest BCUT2D eigenvalue weighted by molar-refractivity contribution is -0.0813. The fraction of sp³-hybridized carbons (Fsp3) is 0.222. The van der Waals surface area contributed by atoms with Crippen molar-refractivity contribution in [3.05, 3.63) is 34.9 Å². The van der Waals surface area contributed by atoms with Gasteiger partial charge < -0.3 is 9.94 Å². The van der Waals surface area contributed by atoms with Crippen LogP contribution in [-0.2, 0) is 4.84 Å². The number of aliphatic hydroxyl groups is 1. The fourth-order valence-corrected chi connectivity index (χ4v) is 1.93. The van der Waals surface area contributed by atoms with Gasteiger partial charge in [-0.3, -0.25) is 0 Å². The maximum absolute atomic E-state index is 9.05. The van der Waals surface area contributed by atoms with Crippen LogP contribution in [0.2, 0.25) is 5.02 Å². The molecule has 0 aromatic heterocycles. The summed E-state index contributed by atoms with van der Waals surface area (Å²) in [4.78, 5) is 4.76. The van der Waals surface area contributed by atoms with Crippen LogP contribution in [0.1, 0.15) is 5.56 Å². The van der Waals surface area contributed by atoms with Crippen molar-refractivity contribution in [1.82, 2.24) is 0 Å². The lowest BCUT2D eigenvalue weighted by atomic mass is 10.2. The van der Waals surface area contributed by atoms with Gasteiger partial charge in [-0.25, -0.2) is 0 Å². The highest BCUT2D eigenvalue weighted by Crippen LogP contribution is 2.21. The first-order chi connectivity index (χ1) is 6.75. The minimum atomic E-state index is -0.795. The first kappa shape index (κ1) is 9.83. The van der Waals surface area contributed by atoms with Crippen molar-refractivity contribution in [2.45, 2.75) is 6.29 Å². The highest BCUT2D eigenvalue weighted by atomic mass is 35.5. The van der Waals surface area contributed by atoms with Crippen LogP contribution in [-0.4, -0.2) is 22.2 Å². The van der Waals surface area contributed by atoms with Crippen LogP contribution in [0.4, 0.5) is 0 Å². The summed E-state index contributed by atoms with van der Waals surface area (Å²) in [5.74, 6) is 0.501. The predicted molar refractivity (Wildman–Crippen MR) is 57.5 cm³/mol. The molecule has 1 aliphatic heterocycles. The molecule has 0 aliphatic carbocycles. The Morgan fingerprint density at radius 3 is 2.71 bits per heavy atom. The van der Waals surface area contributed by atoms with E-state index < -0.39 is 6.29 Å². The molecular weight excluding hydrogens is 222 g/mol. The molecule has 1 aromatic rings. The number of halogens is 1. The molecule has 1 aromatic carbocycles. The number of nitrogens with zero attached hydrogens (tertiary/aromatic N) is 1. The van der Waals surface area contributed by atoms with Crippen LogP contribution < -0.4 is 0 Å². The molecule has 0 spiro atoms. The van der Waals surface area contributed by atoms with Crippen LogP contribution in [0, 0.1) is 0 Å². The Balaban J connectivity index is 2.19. The standard InChI is InChI=1S/C9H8ClNO2S/c10-7-3-1-6(2-4-7)9-11-13-8(12)5-14-9/h1-4,8,12H,5H2. The lowest BCUT2D eigenvalue weighted by Gasteiger charge is -2.15. The summed E-state index contributed by atoms with van der Waals surface area (Å²) >= 11 is 7.22. The number of rotatable bonds is 1. The second-order valence-corrected chi connectivity index (χ2v) is 4.22. The molecule has 3 nitrogen and oxygen atoms in total. The maximum Gasteiger partial charge on any atom is 0.233 e. The lowest BCUT2D eigenvalue weighted by Crippen LogP contribution is -2.19. The molecule has 0 fully saturated rings. The Bertz CT molecular complexity index is 352. The van der Waals surface area contributed by atoms with Crippen LogP contribution in [0.5, 0.6) is 0 Å². The normalized spacial score (nSPS) is 21.3. The Hall–Kier alpha value is -0.710. The van der Waals surface area contributed by atoms with Gasteiger partial charge in [0.15, 0.2) is 0 Å². The quantitative estimate of drug-likeness (QED) is 0.802. The van der Waals surface area contributed by atoms with Gasteiger partial charge in [-0.15, -0.1) is 0 Å². The first-order valence-electron chi connectivity index (χ1n) is 4.06. The van der Waals surface area contributed by atoms with Gasteiger partial charge in [0.1, 0.15) is 5.04 Å². The summed E-state index contributed by atoms with van der Waals surface area (Å²) in [6.07, 6.45) is -0.795. The third kappa shape index (κ3) is 2.20. The number of aliphatic hydroxyl groups excluding tert-OH is 1. The van der Waals surface area contributed by atoms with Crippen LogP contribution >= 0.6 is 23.4 Å². The molecule has 0 saturated carbocycles. The number of thioether (sulfide) groups is 1. The van der Waals surface area contributed by atoms with E-state index >= 15 is 0 Å². The number of oxime groups is 1. The predicted octanol–water partition coefficient (Wildman–Crippen LogP) is 2.08. The van der Waals surface area contributed by atoms with Crippen molar-refractivity contribution in [3.8, 4) is 0 Å². The summed E-state index contributed by atoms with van der Waals surface area (Å²) in [5.41, 5.74) is 0.950. The molecule has 0 saturated heterocycles. The zero-order valence-electron chi connectivity index (χ0n) is 7.18. The Morgan fingerprint density at radius 1 is 1.43 bits per heavy atom. The molecule has 1 N–H and O–H groups in total. The van der Waals surface area contributed by atoms with Gasteiger partial charge in [-0.1, -0.05) is 40.7 Å². The maximum atomic E-state index is 9.05.